The standard InChI is InChI=1S/C10H14N2OS/c1-2-13-9-5-3-8(4-6-9)7-12-10(11)14/h3-6H,2,7H2,1H3,(H3,11,12,14). The molecule has 4 heteroatoms. The molecule has 0 aliphatic carbocycles. The first-order chi connectivity index (χ1) is 6.72. The summed E-state index contributed by atoms with van der Waals surface area (Å²) in [5.74, 6) is 0.881. The number of hydrogen-bond acceptors (Lipinski definition) is 2. The molecule has 0 aliphatic rings. The van der Waals surface area contributed by atoms with E-state index in [4.69, 9.17) is 22.7 Å². The Morgan fingerprint density at radius 1 is 1.43 bits per heavy atom. The molecule has 0 aromatic heterocycles. The van der Waals surface area contributed by atoms with Gasteiger partial charge in [0.15, 0.2) is 5.11 Å². The second-order valence-corrected chi connectivity index (χ2v) is 3.23. The Kier molecular flexibility index (Phi) is 4.19. The molecule has 0 saturated heterocycles. The first-order valence-electron chi connectivity index (χ1n) is 4.47. The molecule has 0 bridgehead atoms. The minimum Gasteiger partial charge on any atom is -0.494 e. The van der Waals surface area contributed by atoms with Crippen molar-refractivity contribution in [3.63, 3.8) is 0 Å². The van der Waals surface area contributed by atoms with Gasteiger partial charge < -0.3 is 15.8 Å². The summed E-state index contributed by atoms with van der Waals surface area (Å²) in [6, 6.07) is 7.83. The van der Waals surface area contributed by atoms with Gasteiger partial charge in [0.05, 0.1) is 6.61 Å². The summed E-state index contributed by atoms with van der Waals surface area (Å²) in [5.41, 5.74) is 6.44. The van der Waals surface area contributed by atoms with Crippen molar-refractivity contribution in [1.29, 1.82) is 0 Å². The van der Waals surface area contributed by atoms with Crippen molar-refractivity contribution >= 4 is 17.3 Å². The van der Waals surface area contributed by atoms with E-state index in [1.807, 2.05) is 31.2 Å². The van der Waals surface area contributed by atoms with Crippen LogP contribution in [0.4, 0.5) is 0 Å². The highest BCUT2D eigenvalue weighted by Gasteiger charge is 1.94. The maximum absolute atomic E-state index is 5.32. The quantitative estimate of drug-likeness (QED) is 0.738. The molecule has 0 fully saturated rings. The average molecular weight is 210 g/mol. The van der Waals surface area contributed by atoms with Crippen LogP contribution in [-0.4, -0.2) is 11.7 Å². The van der Waals surface area contributed by atoms with Crippen molar-refractivity contribution in [2.45, 2.75) is 13.5 Å². The molecular weight excluding hydrogens is 196 g/mol. The molecule has 0 heterocycles. The van der Waals surface area contributed by atoms with Crippen LogP contribution in [-0.2, 0) is 6.54 Å². The van der Waals surface area contributed by atoms with Gasteiger partial charge in [-0.3, -0.25) is 0 Å². The summed E-state index contributed by atoms with van der Waals surface area (Å²) in [6.07, 6.45) is 0. The van der Waals surface area contributed by atoms with E-state index < -0.39 is 0 Å². The van der Waals surface area contributed by atoms with Crippen LogP contribution in [0.15, 0.2) is 24.3 Å². The maximum atomic E-state index is 5.32. The third-order valence-electron chi connectivity index (χ3n) is 1.70. The van der Waals surface area contributed by atoms with Gasteiger partial charge in [-0.1, -0.05) is 12.1 Å². The van der Waals surface area contributed by atoms with E-state index in [9.17, 15) is 0 Å². The number of nitrogens with one attached hydrogen (secondary N) is 1. The van der Waals surface area contributed by atoms with Crippen molar-refractivity contribution in [2.24, 2.45) is 5.73 Å². The lowest BCUT2D eigenvalue weighted by Crippen LogP contribution is -2.28. The second kappa shape index (κ2) is 5.44. The fraction of sp³-hybridized carbons (Fsp3) is 0.300. The van der Waals surface area contributed by atoms with Crippen LogP contribution in [0.1, 0.15) is 12.5 Å². The van der Waals surface area contributed by atoms with E-state index in [0.717, 1.165) is 11.3 Å². The van der Waals surface area contributed by atoms with Crippen LogP contribution in [0, 0.1) is 0 Å². The molecule has 0 amide bonds. The third-order valence-corrected chi connectivity index (χ3v) is 1.85. The number of ether oxygens (including phenoxy) is 1. The van der Waals surface area contributed by atoms with Crippen LogP contribution in [0.25, 0.3) is 0 Å². The van der Waals surface area contributed by atoms with Gasteiger partial charge in [0.2, 0.25) is 0 Å². The van der Waals surface area contributed by atoms with Crippen molar-refractivity contribution in [2.75, 3.05) is 6.61 Å². The van der Waals surface area contributed by atoms with Gasteiger partial charge in [-0.05, 0) is 36.8 Å². The fourth-order valence-corrected chi connectivity index (χ4v) is 1.13. The van der Waals surface area contributed by atoms with Crippen molar-refractivity contribution in [1.82, 2.24) is 5.32 Å². The maximum Gasteiger partial charge on any atom is 0.163 e. The molecule has 0 aliphatic heterocycles. The van der Waals surface area contributed by atoms with Crippen LogP contribution < -0.4 is 15.8 Å². The van der Waals surface area contributed by atoms with Gasteiger partial charge in [0.1, 0.15) is 5.75 Å². The zero-order chi connectivity index (χ0) is 10.4. The number of thiocarbonyl (C=S) groups is 1. The van der Waals surface area contributed by atoms with E-state index in [2.05, 4.69) is 5.32 Å². The topological polar surface area (TPSA) is 47.3 Å². The fourth-order valence-electron chi connectivity index (χ4n) is 1.06. The predicted octanol–water partition coefficient (Wildman–Crippen LogP) is 1.42. The van der Waals surface area contributed by atoms with Gasteiger partial charge >= 0.3 is 0 Å². The summed E-state index contributed by atoms with van der Waals surface area (Å²) >= 11 is 4.70. The Morgan fingerprint density at radius 2 is 2.07 bits per heavy atom. The Morgan fingerprint density at radius 3 is 2.57 bits per heavy atom. The summed E-state index contributed by atoms with van der Waals surface area (Å²) in [4.78, 5) is 0. The van der Waals surface area contributed by atoms with Crippen LogP contribution >= 0.6 is 12.2 Å². The molecule has 0 spiro atoms. The van der Waals surface area contributed by atoms with E-state index >= 15 is 0 Å². The highest BCUT2D eigenvalue weighted by atomic mass is 32.1. The zero-order valence-electron chi connectivity index (χ0n) is 8.12. The first-order valence-corrected chi connectivity index (χ1v) is 4.88. The lowest BCUT2D eigenvalue weighted by molar-refractivity contribution is 0.340. The molecule has 1 aromatic carbocycles. The van der Waals surface area contributed by atoms with E-state index in [1.165, 1.54) is 0 Å². The molecule has 76 valence electrons. The molecule has 1 aromatic rings. The summed E-state index contributed by atoms with van der Waals surface area (Å²) in [7, 11) is 0. The van der Waals surface area contributed by atoms with Crippen molar-refractivity contribution in [3.05, 3.63) is 29.8 Å². The number of benzene rings is 1. The normalized spacial score (nSPS) is 9.50. The molecule has 3 nitrogen and oxygen atoms in total. The highest BCUT2D eigenvalue weighted by Crippen LogP contribution is 2.11. The smallest absolute Gasteiger partial charge is 0.163 e. The van der Waals surface area contributed by atoms with E-state index in [-0.39, 0.29) is 0 Å². The highest BCUT2D eigenvalue weighted by molar-refractivity contribution is 7.80. The lowest BCUT2D eigenvalue weighted by atomic mass is 10.2. The Balaban J connectivity index is 2.50. The van der Waals surface area contributed by atoms with Gasteiger partial charge in [-0.15, -0.1) is 0 Å². The molecule has 14 heavy (non-hydrogen) atoms. The molecule has 0 atom stereocenters. The molecular formula is C10H14N2OS. The van der Waals surface area contributed by atoms with Crippen molar-refractivity contribution < 1.29 is 4.74 Å². The summed E-state index contributed by atoms with van der Waals surface area (Å²) in [6.45, 7) is 3.30. The van der Waals surface area contributed by atoms with Gasteiger partial charge in [0.25, 0.3) is 0 Å². The molecule has 3 N–H and O–H groups in total. The van der Waals surface area contributed by atoms with Gasteiger partial charge in [-0.25, -0.2) is 0 Å². The zero-order valence-corrected chi connectivity index (χ0v) is 8.93. The largest absolute Gasteiger partial charge is 0.494 e. The van der Waals surface area contributed by atoms with Crippen LogP contribution in [0.5, 0.6) is 5.75 Å². The molecule has 0 unspecified atom stereocenters. The van der Waals surface area contributed by atoms with Gasteiger partial charge in [0, 0.05) is 6.54 Å². The third kappa shape index (κ3) is 3.62. The van der Waals surface area contributed by atoms with Crippen LogP contribution in [0.3, 0.4) is 0 Å². The predicted molar refractivity (Wildman–Crippen MR) is 61.2 cm³/mol. The Bertz CT molecular complexity index is 297. The summed E-state index contributed by atoms with van der Waals surface area (Å²) in [5, 5.41) is 3.20. The van der Waals surface area contributed by atoms with Crippen molar-refractivity contribution in [3.8, 4) is 5.75 Å². The van der Waals surface area contributed by atoms with E-state index in [1.54, 1.807) is 0 Å². The molecule has 0 saturated carbocycles. The first kappa shape index (κ1) is 10.8. The monoisotopic (exact) mass is 210 g/mol. The Hall–Kier alpha value is -1.29. The minimum absolute atomic E-state index is 0.318. The minimum atomic E-state index is 0.318. The SMILES string of the molecule is CCOc1ccc(CNC(N)=S)cc1. The van der Waals surface area contributed by atoms with Gasteiger partial charge in [-0.2, -0.15) is 0 Å². The van der Waals surface area contributed by atoms with E-state index in [0.29, 0.717) is 18.3 Å². The number of nitrogens with two attached hydrogens (primary N) is 1. The molecule has 0 radical (unpaired) electrons. The molecule has 1 rings (SSSR count). The Labute approximate surface area is 89.3 Å². The summed E-state index contributed by atoms with van der Waals surface area (Å²) < 4.78 is 5.32. The van der Waals surface area contributed by atoms with Crippen LogP contribution in [0.2, 0.25) is 0 Å². The lowest BCUT2D eigenvalue weighted by Gasteiger charge is -2.05. The number of hydrogen-bond donors (Lipinski definition) is 2. The number of rotatable bonds is 4. The average Bonchev–Trinajstić information content (AvgIpc) is 2.17. The second-order valence-electron chi connectivity index (χ2n) is 2.79.